The smallest absolute Gasteiger partial charge is 0.253 e. The van der Waals surface area contributed by atoms with Gasteiger partial charge in [0.1, 0.15) is 5.82 Å². The molecule has 18 heavy (non-hydrogen) atoms. The van der Waals surface area contributed by atoms with E-state index in [2.05, 4.69) is 29.1 Å². The fourth-order valence-corrected chi connectivity index (χ4v) is 1.47. The molecule has 1 aliphatic rings. The third-order valence-electron chi connectivity index (χ3n) is 2.96. The average Bonchev–Trinajstić information content (AvgIpc) is 3.20. The maximum Gasteiger partial charge on any atom is 0.253 e. The van der Waals surface area contributed by atoms with Gasteiger partial charge in [0.25, 0.3) is 5.91 Å². The molecule has 0 aliphatic heterocycles. The minimum absolute atomic E-state index is 0.0329. The SMILES string of the molecule is C=C(CC)CNc1ccc(C(=O)NC2CC2)cn1. The standard InChI is InChI=1S/C14H19N3O/c1-3-10(2)8-15-13-7-4-11(9-16-13)14(18)17-12-5-6-12/h4,7,9,12H,2-3,5-6,8H2,1H3,(H,15,16)(H,17,18). The lowest BCUT2D eigenvalue weighted by Gasteiger charge is -2.07. The maximum atomic E-state index is 11.7. The van der Waals surface area contributed by atoms with Crippen LogP contribution in [0.4, 0.5) is 5.82 Å². The minimum Gasteiger partial charge on any atom is -0.366 e. The van der Waals surface area contributed by atoms with Gasteiger partial charge in [0.15, 0.2) is 0 Å². The van der Waals surface area contributed by atoms with E-state index in [1.807, 2.05) is 6.07 Å². The third kappa shape index (κ3) is 3.58. The van der Waals surface area contributed by atoms with Crippen molar-refractivity contribution in [3.05, 3.63) is 36.0 Å². The summed E-state index contributed by atoms with van der Waals surface area (Å²) in [5, 5.41) is 6.11. The molecule has 1 amide bonds. The van der Waals surface area contributed by atoms with Gasteiger partial charge in [0, 0.05) is 18.8 Å². The molecule has 1 aliphatic carbocycles. The van der Waals surface area contributed by atoms with Crippen molar-refractivity contribution in [2.75, 3.05) is 11.9 Å². The van der Waals surface area contributed by atoms with Crippen molar-refractivity contribution in [2.45, 2.75) is 32.2 Å². The number of amides is 1. The van der Waals surface area contributed by atoms with E-state index < -0.39 is 0 Å². The van der Waals surface area contributed by atoms with Gasteiger partial charge in [0.2, 0.25) is 0 Å². The highest BCUT2D eigenvalue weighted by Gasteiger charge is 2.23. The van der Waals surface area contributed by atoms with Crippen molar-refractivity contribution in [1.82, 2.24) is 10.3 Å². The van der Waals surface area contributed by atoms with Crippen molar-refractivity contribution in [2.24, 2.45) is 0 Å². The quantitative estimate of drug-likeness (QED) is 0.756. The second kappa shape index (κ2) is 5.67. The van der Waals surface area contributed by atoms with Crippen LogP contribution in [0.2, 0.25) is 0 Å². The Morgan fingerprint density at radius 2 is 2.28 bits per heavy atom. The molecular formula is C14H19N3O. The first-order valence-electron chi connectivity index (χ1n) is 6.36. The number of nitrogens with one attached hydrogen (secondary N) is 2. The van der Waals surface area contributed by atoms with Crippen LogP contribution in [-0.2, 0) is 0 Å². The zero-order valence-electron chi connectivity index (χ0n) is 10.7. The van der Waals surface area contributed by atoms with Crippen LogP contribution in [0.15, 0.2) is 30.5 Å². The van der Waals surface area contributed by atoms with Crippen LogP contribution in [0.5, 0.6) is 0 Å². The second-order valence-corrected chi connectivity index (χ2v) is 4.64. The number of anilines is 1. The van der Waals surface area contributed by atoms with Crippen molar-refractivity contribution in [3.8, 4) is 0 Å². The van der Waals surface area contributed by atoms with Gasteiger partial charge < -0.3 is 10.6 Å². The molecule has 1 aromatic heterocycles. The second-order valence-electron chi connectivity index (χ2n) is 4.64. The van der Waals surface area contributed by atoms with Gasteiger partial charge in [-0.25, -0.2) is 4.98 Å². The summed E-state index contributed by atoms with van der Waals surface area (Å²) < 4.78 is 0. The Hall–Kier alpha value is -1.84. The molecular weight excluding hydrogens is 226 g/mol. The van der Waals surface area contributed by atoms with Crippen molar-refractivity contribution in [1.29, 1.82) is 0 Å². The van der Waals surface area contributed by atoms with Crippen LogP contribution >= 0.6 is 0 Å². The zero-order valence-corrected chi connectivity index (χ0v) is 10.7. The van der Waals surface area contributed by atoms with E-state index in [0.717, 1.165) is 37.2 Å². The number of hydrogen-bond acceptors (Lipinski definition) is 3. The molecule has 0 atom stereocenters. The molecule has 96 valence electrons. The summed E-state index contributed by atoms with van der Waals surface area (Å²) in [5.41, 5.74) is 1.74. The zero-order chi connectivity index (χ0) is 13.0. The number of aromatic nitrogens is 1. The van der Waals surface area contributed by atoms with Crippen LogP contribution in [0, 0.1) is 0 Å². The molecule has 1 fully saturated rings. The fraction of sp³-hybridized carbons (Fsp3) is 0.429. The summed E-state index contributed by atoms with van der Waals surface area (Å²) >= 11 is 0. The van der Waals surface area contributed by atoms with Gasteiger partial charge in [-0.15, -0.1) is 0 Å². The Balaban J connectivity index is 1.87. The van der Waals surface area contributed by atoms with Crippen LogP contribution < -0.4 is 10.6 Å². The molecule has 1 aromatic rings. The topological polar surface area (TPSA) is 54.0 Å². The lowest BCUT2D eigenvalue weighted by Crippen LogP contribution is -2.25. The molecule has 4 heteroatoms. The Bertz CT molecular complexity index is 435. The van der Waals surface area contributed by atoms with Crippen LogP contribution in [-0.4, -0.2) is 23.5 Å². The van der Waals surface area contributed by atoms with E-state index in [9.17, 15) is 4.79 Å². The molecule has 0 radical (unpaired) electrons. The lowest BCUT2D eigenvalue weighted by molar-refractivity contribution is 0.0951. The number of pyridine rings is 1. The summed E-state index contributed by atoms with van der Waals surface area (Å²) in [6, 6.07) is 4.00. The van der Waals surface area contributed by atoms with Crippen LogP contribution in [0.1, 0.15) is 36.5 Å². The summed E-state index contributed by atoms with van der Waals surface area (Å²) in [4.78, 5) is 16.0. The average molecular weight is 245 g/mol. The number of nitrogens with zero attached hydrogens (tertiary/aromatic N) is 1. The molecule has 0 unspecified atom stereocenters. The summed E-state index contributed by atoms with van der Waals surface area (Å²) in [5.74, 6) is 0.738. The maximum absolute atomic E-state index is 11.7. The van der Waals surface area contributed by atoms with Gasteiger partial charge in [0.05, 0.1) is 5.56 Å². The molecule has 1 saturated carbocycles. The first kappa shape index (κ1) is 12.6. The normalized spacial score (nSPS) is 14.1. The first-order valence-corrected chi connectivity index (χ1v) is 6.36. The predicted octanol–water partition coefficient (Wildman–Crippen LogP) is 2.35. The molecule has 0 saturated heterocycles. The van der Waals surface area contributed by atoms with Gasteiger partial charge >= 0.3 is 0 Å². The highest BCUT2D eigenvalue weighted by atomic mass is 16.1. The molecule has 0 bridgehead atoms. The monoisotopic (exact) mass is 245 g/mol. The molecule has 2 rings (SSSR count). The van der Waals surface area contributed by atoms with E-state index in [-0.39, 0.29) is 5.91 Å². The number of carbonyl (C=O) groups is 1. The number of rotatable bonds is 6. The number of carbonyl (C=O) groups excluding carboxylic acids is 1. The Morgan fingerprint density at radius 1 is 1.50 bits per heavy atom. The Labute approximate surface area is 108 Å². The third-order valence-corrected chi connectivity index (χ3v) is 2.96. The predicted molar refractivity (Wildman–Crippen MR) is 72.6 cm³/mol. The fourth-order valence-electron chi connectivity index (χ4n) is 1.47. The van der Waals surface area contributed by atoms with E-state index in [0.29, 0.717) is 11.6 Å². The summed E-state index contributed by atoms with van der Waals surface area (Å²) in [6.45, 7) is 6.71. The first-order chi connectivity index (χ1) is 8.69. The lowest BCUT2D eigenvalue weighted by atomic mass is 10.2. The van der Waals surface area contributed by atoms with Gasteiger partial charge in [-0.1, -0.05) is 19.1 Å². The van der Waals surface area contributed by atoms with Crippen LogP contribution in [0.25, 0.3) is 0 Å². The van der Waals surface area contributed by atoms with Crippen LogP contribution in [0.3, 0.4) is 0 Å². The molecule has 1 heterocycles. The van der Waals surface area contributed by atoms with Crippen molar-refractivity contribution < 1.29 is 4.79 Å². The molecule has 0 spiro atoms. The minimum atomic E-state index is -0.0329. The van der Waals surface area contributed by atoms with E-state index in [1.54, 1.807) is 12.3 Å². The largest absolute Gasteiger partial charge is 0.366 e. The Kier molecular flexibility index (Phi) is 3.97. The highest BCUT2D eigenvalue weighted by molar-refractivity contribution is 5.94. The molecule has 2 N–H and O–H groups in total. The highest BCUT2D eigenvalue weighted by Crippen LogP contribution is 2.19. The Morgan fingerprint density at radius 3 is 2.83 bits per heavy atom. The van der Waals surface area contributed by atoms with E-state index in [1.165, 1.54) is 0 Å². The summed E-state index contributed by atoms with van der Waals surface area (Å²) in [6.07, 6.45) is 4.75. The number of hydrogen-bond donors (Lipinski definition) is 2. The van der Waals surface area contributed by atoms with Gasteiger partial charge in [-0.2, -0.15) is 0 Å². The van der Waals surface area contributed by atoms with Crippen molar-refractivity contribution in [3.63, 3.8) is 0 Å². The van der Waals surface area contributed by atoms with Gasteiger partial charge in [-0.05, 0) is 31.4 Å². The van der Waals surface area contributed by atoms with E-state index >= 15 is 0 Å². The molecule has 4 nitrogen and oxygen atoms in total. The van der Waals surface area contributed by atoms with E-state index in [4.69, 9.17) is 0 Å². The van der Waals surface area contributed by atoms with Crippen molar-refractivity contribution >= 4 is 11.7 Å². The summed E-state index contributed by atoms with van der Waals surface area (Å²) in [7, 11) is 0. The molecule has 0 aromatic carbocycles. The van der Waals surface area contributed by atoms with Gasteiger partial charge in [-0.3, -0.25) is 4.79 Å².